The molecule has 3 rings (SSSR count). The zero-order valence-electron chi connectivity index (χ0n) is 15.0. The Balaban J connectivity index is 1.38. The maximum absolute atomic E-state index is 13.5. The molecule has 0 radical (unpaired) electrons. The van der Waals surface area contributed by atoms with Crippen LogP contribution >= 0.6 is 0 Å². The summed E-state index contributed by atoms with van der Waals surface area (Å²) in [5.41, 5.74) is 0. The lowest BCUT2D eigenvalue weighted by Crippen LogP contribution is -2.43. The Morgan fingerprint density at radius 3 is 2.40 bits per heavy atom. The summed E-state index contributed by atoms with van der Waals surface area (Å²) in [7, 11) is 0. The van der Waals surface area contributed by atoms with Gasteiger partial charge in [0.1, 0.15) is 6.61 Å². The standard InChI is InChI=1S/C20H29FN2O2/c21-18-7-3-4-8-19(18)25-16-15-22-13-9-17(10-14-22)20(24)23-11-5-1-2-6-12-23/h3-4,7-8,17H,1-2,5-6,9-16H2. The van der Waals surface area contributed by atoms with Gasteiger partial charge in [-0.2, -0.15) is 0 Å². The predicted molar refractivity (Wildman–Crippen MR) is 96.1 cm³/mol. The summed E-state index contributed by atoms with van der Waals surface area (Å²) in [5.74, 6) is 0.545. The maximum atomic E-state index is 13.5. The molecule has 138 valence electrons. The molecule has 0 aromatic heterocycles. The van der Waals surface area contributed by atoms with Crippen molar-refractivity contribution in [3.8, 4) is 5.75 Å². The first kappa shape index (κ1) is 18.2. The quantitative estimate of drug-likeness (QED) is 0.818. The van der Waals surface area contributed by atoms with E-state index < -0.39 is 0 Å². The molecule has 1 amide bonds. The zero-order valence-corrected chi connectivity index (χ0v) is 15.0. The molecule has 2 heterocycles. The Morgan fingerprint density at radius 1 is 1.04 bits per heavy atom. The number of rotatable bonds is 5. The molecule has 1 aromatic rings. The second kappa shape index (κ2) is 9.18. The van der Waals surface area contributed by atoms with Crippen LogP contribution in [0, 0.1) is 11.7 Å². The van der Waals surface area contributed by atoms with E-state index in [4.69, 9.17) is 4.74 Å². The van der Waals surface area contributed by atoms with Crippen LogP contribution in [-0.2, 0) is 4.79 Å². The summed E-state index contributed by atoms with van der Waals surface area (Å²) < 4.78 is 19.1. The van der Waals surface area contributed by atoms with Crippen molar-refractivity contribution in [2.24, 2.45) is 5.92 Å². The van der Waals surface area contributed by atoms with Crippen LogP contribution in [0.4, 0.5) is 4.39 Å². The first-order valence-electron chi connectivity index (χ1n) is 9.62. The third-order valence-electron chi connectivity index (χ3n) is 5.36. The van der Waals surface area contributed by atoms with Crippen molar-refractivity contribution >= 4 is 5.91 Å². The first-order valence-corrected chi connectivity index (χ1v) is 9.62. The van der Waals surface area contributed by atoms with E-state index >= 15 is 0 Å². The molecule has 0 spiro atoms. The highest BCUT2D eigenvalue weighted by Crippen LogP contribution is 2.22. The maximum Gasteiger partial charge on any atom is 0.225 e. The Hall–Kier alpha value is -1.62. The molecule has 25 heavy (non-hydrogen) atoms. The number of ether oxygens (including phenoxy) is 1. The van der Waals surface area contributed by atoms with Gasteiger partial charge in [0.15, 0.2) is 11.6 Å². The third-order valence-corrected chi connectivity index (χ3v) is 5.36. The fourth-order valence-corrected chi connectivity index (χ4v) is 3.80. The van der Waals surface area contributed by atoms with Gasteiger partial charge in [-0.3, -0.25) is 9.69 Å². The molecular formula is C20H29FN2O2. The Morgan fingerprint density at radius 2 is 1.72 bits per heavy atom. The van der Waals surface area contributed by atoms with Gasteiger partial charge < -0.3 is 9.64 Å². The monoisotopic (exact) mass is 348 g/mol. The number of hydrogen-bond donors (Lipinski definition) is 0. The zero-order chi connectivity index (χ0) is 17.5. The molecule has 2 aliphatic heterocycles. The topological polar surface area (TPSA) is 32.8 Å². The minimum absolute atomic E-state index is 0.182. The number of likely N-dealkylation sites (tertiary alicyclic amines) is 2. The van der Waals surface area contributed by atoms with E-state index in [9.17, 15) is 9.18 Å². The number of halogens is 1. The fourth-order valence-electron chi connectivity index (χ4n) is 3.80. The van der Waals surface area contributed by atoms with Gasteiger partial charge in [0.05, 0.1) is 0 Å². The van der Waals surface area contributed by atoms with E-state index in [1.54, 1.807) is 18.2 Å². The number of benzene rings is 1. The van der Waals surface area contributed by atoms with Crippen LogP contribution in [0.5, 0.6) is 5.75 Å². The molecule has 0 aliphatic carbocycles. The van der Waals surface area contributed by atoms with E-state index in [1.165, 1.54) is 18.9 Å². The smallest absolute Gasteiger partial charge is 0.225 e. The summed E-state index contributed by atoms with van der Waals surface area (Å²) in [6.07, 6.45) is 6.66. The lowest BCUT2D eigenvalue weighted by atomic mass is 9.95. The molecule has 1 aromatic carbocycles. The summed E-state index contributed by atoms with van der Waals surface area (Å²) in [4.78, 5) is 17.1. The van der Waals surface area contributed by atoms with Crippen molar-refractivity contribution in [2.75, 3.05) is 39.3 Å². The second-order valence-corrected chi connectivity index (χ2v) is 7.13. The van der Waals surface area contributed by atoms with E-state index in [2.05, 4.69) is 9.80 Å². The van der Waals surface area contributed by atoms with Gasteiger partial charge in [-0.05, 0) is 50.9 Å². The van der Waals surface area contributed by atoms with Crippen LogP contribution < -0.4 is 4.74 Å². The highest BCUT2D eigenvalue weighted by molar-refractivity contribution is 5.79. The van der Waals surface area contributed by atoms with Gasteiger partial charge in [-0.15, -0.1) is 0 Å². The molecule has 2 aliphatic rings. The molecule has 5 heteroatoms. The molecular weight excluding hydrogens is 319 g/mol. The largest absolute Gasteiger partial charge is 0.489 e. The van der Waals surface area contributed by atoms with E-state index in [1.807, 2.05) is 0 Å². The van der Waals surface area contributed by atoms with Crippen molar-refractivity contribution in [3.63, 3.8) is 0 Å². The minimum atomic E-state index is -0.316. The van der Waals surface area contributed by atoms with E-state index in [0.29, 0.717) is 18.3 Å². The lowest BCUT2D eigenvalue weighted by Gasteiger charge is -2.33. The van der Waals surface area contributed by atoms with Crippen LogP contribution in [0.2, 0.25) is 0 Å². The molecule has 0 bridgehead atoms. The highest BCUT2D eigenvalue weighted by atomic mass is 19.1. The molecule has 4 nitrogen and oxygen atoms in total. The Labute approximate surface area is 149 Å². The molecule has 0 saturated carbocycles. The normalized spacial score (nSPS) is 20.3. The molecule has 0 N–H and O–H groups in total. The van der Waals surface area contributed by atoms with Gasteiger partial charge in [0.25, 0.3) is 0 Å². The number of hydrogen-bond acceptors (Lipinski definition) is 3. The van der Waals surface area contributed by atoms with Crippen LogP contribution in [0.15, 0.2) is 24.3 Å². The van der Waals surface area contributed by atoms with Gasteiger partial charge in [0, 0.05) is 25.6 Å². The van der Waals surface area contributed by atoms with Crippen molar-refractivity contribution < 1.29 is 13.9 Å². The molecule has 2 fully saturated rings. The predicted octanol–water partition coefficient (Wildman–Crippen LogP) is 3.32. The van der Waals surface area contributed by atoms with Crippen molar-refractivity contribution in [1.29, 1.82) is 0 Å². The summed E-state index contributed by atoms with van der Waals surface area (Å²) >= 11 is 0. The van der Waals surface area contributed by atoms with Crippen molar-refractivity contribution in [1.82, 2.24) is 9.80 Å². The first-order chi connectivity index (χ1) is 12.2. The Bertz CT molecular complexity index is 550. The number of nitrogens with zero attached hydrogens (tertiary/aromatic N) is 2. The van der Waals surface area contributed by atoms with Gasteiger partial charge in [-0.25, -0.2) is 4.39 Å². The SMILES string of the molecule is O=C(C1CCN(CCOc2ccccc2F)CC1)N1CCCCCC1. The van der Waals surface area contributed by atoms with Crippen molar-refractivity contribution in [2.45, 2.75) is 38.5 Å². The lowest BCUT2D eigenvalue weighted by molar-refractivity contribution is -0.137. The second-order valence-electron chi connectivity index (χ2n) is 7.13. The number of amides is 1. The number of carbonyl (C=O) groups excluding carboxylic acids is 1. The van der Waals surface area contributed by atoms with Crippen LogP contribution in [0.25, 0.3) is 0 Å². The fraction of sp³-hybridized carbons (Fsp3) is 0.650. The van der Waals surface area contributed by atoms with E-state index in [-0.39, 0.29) is 11.7 Å². The number of carbonyl (C=O) groups is 1. The molecule has 2 saturated heterocycles. The van der Waals surface area contributed by atoms with Crippen LogP contribution in [0.3, 0.4) is 0 Å². The molecule has 0 atom stereocenters. The summed E-state index contributed by atoms with van der Waals surface area (Å²) in [5, 5.41) is 0. The average molecular weight is 348 g/mol. The van der Waals surface area contributed by atoms with Crippen LogP contribution in [0.1, 0.15) is 38.5 Å². The van der Waals surface area contributed by atoms with Gasteiger partial charge >= 0.3 is 0 Å². The van der Waals surface area contributed by atoms with Crippen molar-refractivity contribution in [3.05, 3.63) is 30.1 Å². The Kier molecular flexibility index (Phi) is 6.68. The summed E-state index contributed by atoms with van der Waals surface area (Å²) in [6, 6.07) is 6.50. The van der Waals surface area contributed by atoms with Gasteiger partial charge in [0.2, 0.25) is 5.91 Å². The number of para-hydroxylation sites is 1. The van der Waals surface area contributed by atoms with E-state index in [0.717, 1.165) is 58.4 Å². The minimum Gasteiger partial charge on any atom is -0.489 e. The average Bonchev–Trinajstić information content (AvgIpc) is 2.93. The third kappa shape index (κ3) is 5.18. The molecule has 0 unspecified atom stereocenters. The van der Waals surface area contributed by atoms with Gasteiger partial charge in [-0.1, -0.05) is 25.0 Å². The summed E-state index contributed by atoms with van der Waals surface area (Å²) in [6.45, 7) is 4.98. The van der Waals surface area contributed by atoms with Crippen LogP contribution in [-0.4, -0.2) is 55.0 Å². The highest BCUT2D eigenvalue weighted by Gasteiger charge is 2.28. The number of piperidine rings is 1.